The van der Waals surface area contributed by atoms with Gasteiger partial charge in [0.25, 0.3) is 0 Å². The first-order chi connectivity index (χ1) is 9.86. The minimum atomic E-state index is -0.516. The molecule has 1 unspecified atom stereocenters. The Hall–Kier alpha value is -1.65. The van der Waals surface area contributed by atoms with Gasteiger partial charge in [-0.05, 0) is 32.6 Å². The Morgan fingerprint density at radius 1 is 1.29 bits per heavy atom. The van der Waals surface area contributed by atoms with E-state index in [0.717, 1.165) is 25.2 Å². The van der Waals surface area contributed by atoms with E-state index >= 15 is 0 Å². The summed E-state index contributed by atoms with van der Waals surface area (Å²) in [6.07, 6.45) is 5.87. The number of imide groups is 1. The van der Waals surface area contributed by atoms with Crippen molar-refractivity contribution in [2.75, 3.05) is 6.54 Å². The van der Waals surface area contributed by atoms with Crippen molar-refractivity contribution in [3.63, 3.8) is 0 Å². The molecule has 1 aromatic rings. The van der Waals surface area contributed by atoms with Gasteiger partial charge >= 0.3 is 0 Å². The number of aryl methyl sites for hydroxylation is 2. The van der Waals surface area contributed by atoms with Gasteiger partial charge in [-0.15, -0.1) is 0 Å². The van der Waals surface area contributed by atoms with Crippen LogP contribution in [-0.2, 0) is 16.1 Å². The van der Waals surface area contributed by atoms with Gasteiger partial charge in [-0.2, -0.15) is 0 Å². The third kappa shape index (κ3) is 3.01. The van der Waals surface area contributed by atoms with Crippen LogP contribution in [0.4, 0.5) is 0 Å². The molecule has 0 spiro atoms. The van der Waals surface area contributed by atoms with E-state index in [-0.39, 0.29) is 17.7 Å². The summed E-state index contributed by atoms with van der Waals surface area (Å²) in [5.41, 5.74) is -0.516. The number of likely N-dealkylation sites (tertiary alicyclic amines) is 1. The number of amides is 2. The molecule has 0 aromatic carbocycles. The van der Waals surface area contributed by atoms with Crippen molar-refractivity contribution in [1.82, 2.24) is 14.5 Å². The Morgan fingerprint density at radius 2 is 1.95 bits per heavy atom. The Kier molecular flexibility index (Phi) is 4.49. The molecule has 1 aliphatic heterocycles. The second-order valence-electron chi connectivity index (χ2n) is 6.47. The number of nitrogens with zero attached hydrogens (tertiary/aromatic N) is 3. The Morgan fingerprint density at radius 3 is 2.48 bits per heavy atom. The lowest BCUT2D eigenvalue weighted by Crippen LogP contribution is -2.37. The molecule has 0 aliphatic carbocycles. The number of hydrogen-bond acceptors (Lipinski definition) is 3. The minimum absolute atomic E-state index is 0.00121. The molecule has 1 aliphatic rings. The minimum Gasteiger partial charge on any atom is -0.335 e. The lowest BCUT2D eigenvalue weighted by molar-refractivity contribution is -0.142. The van der Waals surface area contributed by atoms with Crippen LogP contribution in [0, 0.1) is 18.3 Å². The highest BCUT2D eigenvalue weighted by molar-refractivity contribution is 6.05. The monoisotopic (exact) mass is 291 g/mol. The molecule has 0 N–H and O–H groups in total. The van der Waals surface area contributed by atoms with Crippen LogP contribution in [-0.4, -0.2) is 32.8 Å². The van der Waals surface area contributed by atoms with E-state index in [9.17, 15) is 9.59 Å². The molecular weight excluding hydrogens is 266 g/mol. The van der Waals surface area contributed by atoms with Crippen LogP contribution in [0.2, 0.25) is 0 Å². The van der Waals surface area contributed by atoms with E-state index in [1.54, 1.807) is 6.20 Å². The summed E-state index contributed by atoms with van der Waals surface area (Å²) in [5.74, 6) is 1.17. The molecule has 0 bridgehead atoms. The molecule has 5 heteroatoms. The predicted octanol–water partition coefficient (Wildman–Crippen LogP) is 2.39. The van der Waals surface area contributed by atoms with Crippen LogP contribution < -0.4 is 0 Å². The van der Waals surface area contributed by atoms with E-state index in [1.807, 2.05) is 33.9 Å². The first-order valence-corrected chi connectivity index (χ1v) is 7.69. The van der Waals surface area contributed by atoms with Gasteiger partial charge in [0.05, 0.1) is 5.41 Å². The Balaban J connectivity index is 1.85. The van der Waals surface area contributed by atoms with Crippen molar-refractivity contribution in [2.45, 2.75) is 53.5 Å². The number of aromatic nitrogens is 2. The molecule has 116 valence electrons. The standard InChI is InChI=1S/C16H25N3O2/c1-12(2)16(4)11-14(20)19(15(16)21)9-6-5-8-18-10-7-17-13(18)3/h7,10,12H,5-6,8-9,11H2,1-4H3. The Labute approximate surface area is 126 Å². The number of carbonyl (C=O) groups is 2. The van der Waals surface area contributed by atoms with Crippen molar-refractivity contribution in [3.05, 3.63) is 18.2 Å². The van der Waals surface area contributed by atoms with Gasteiger partial charge in [0.15, 0.2) is 0 Å². The van der Waals surface area contributed by atoms with E-state index in [0.29, 0.717) is 13.0 Å². The van der Waals surface area contributed by atoms with E-state index < -0.39 is 5.41 Å². The van der Waals surface area contributed by atoms with Crippen molar-refractivity contribution in [2.24, 2.45) is 11.3 Å². The summed E-state index contributed by atoms with van der Waals surface area (Å²) in [6.45, 7) is 9.32. The highest BCUT2D eigenvalue weighted by Gasteiger charge is 2.49. The maximum Gasteiger partial charge on any atom is 0.235 e. The molecule has 2 heterocycles. The van der Waals surface area contributed by atoms with E-state index in [4.69, 9.17) is 0 Å². The molecule has 2 amide bonds. The van der Waals surface area contributed by atoms with Crippen molar-refractivity contribution < 1.29 is 9.59 Å². The van der Waals surface area contributed by atoms with Crippen molar-refractivity contribution >= 4 is 11.8 Å². The number of imidazole rings is 1. The second-order valence-corrected chi connectivity index (χ2v) is 6.47. The molecule has 1 atom stereocenters. The SMILES string of the molecule is Cc1nccn1CCCCN1C(=O)CC(C)(C(C)C)C1=O. The molecule has 21 heavy (non-hydrogen) atoms. The lowest BCUT2D eigenvalue weighted by Gasteiger charge is -2.26. The van der Waals surface area contributed by atoms with Gasteiger partial charge in [0.2, 0.25) is 11.8 Å². The van der Waals surface area contributed by atoms with Crippen molar-refractivity contribution in [3.8, 4) is 0 Å². The van der Waals surface area contributed by atoms with E-state index in [1.165, 1.54) is 4.90 Å². The zero-order valence-electron chi connectivity index (χ0n) is 13.4. The summed E-state index contributed by atoms with van der Waals surface area (Å²) >= 11 is 0. The summed E-state index contributed by atoms with van der Waals surface area (Å²) < 4.78 is 2.09. The molecule has 1 fully saturated rings. The average Bonchev–Trinajstić information content (AvgIpc) is 2.91. The zero-order valence-corrected chi connectivity index (χ0v) is 13.4. The fourth-order valence-corrected chi connectivity index (χ4v) is 2.78. The van der Waals surface area contributed by atoms with Crippen LogP contribution in [0.15, 0.2) is 12.4 Å². The maximum absolute atomic E-state index is 12.4. The number of rotatable bonds is 6. The van der Waals surface area contributed by atoms with Crippen molar-refractivity contribution in [1.29, 1.82) is 0 Å². The highest BCUT2D eigenvalue weighted by Crippen LogP contribution is 2.39. The summed E-state index contributed by atoms with van der Waals surface area (Å²) in [5, 5.41) is 0. The highest BCUT2D eigenvalue weighted by atomic mass is 16.2. The molecule has 5 nitrogen and oxygen atoms in total. The number of carbonyl (C=O) groups excluding carboxylic acids is 2. The molecule has 0 saturated carbocycles. The smallest absolute Gasteiger partial charge is 0.235 e. The zero-order chi connectivity index (χ0) is 15.6. The normalized spacial score (nSPS) is 22.6. The van der Waals surface area contributed by atoms with Crippen LogP contribution in [0.25, 0.3) is 0 Å². The predicted molar refractivity (Wildman–Crippen MR) is 80.5 cm³/mol. The summed E-state index contributed by atoms with van der Waals surface area (Å²) in [4.78, 5) is 30.2. The number of hydrogen-bond donors (Lipinski definition) is 0. The summed E-state index contributed by atoms with van der Waals surface area (Å²) in [7, 11) is 0. The fraction of sp³-hybridized carbons (Fsp3) is 0.688. The molecule has 1 aromatic heterocycles. The first kappa shape index (κ1) is 15.7. The quantitative estimate of drug-likeness (QED) is 0.597. The van der Waals surface area contributed by atoms with Crippen LogP contribution in [0.3, 0.4) is 0 Å². The maximum atomic E-state index is 12.4. The van der Waals surface area contributed by atoms with E-state index in [2.05, 4.69) is 9.55 Å². The van der Waals surface area contributed by atoms with Gasteiger partial charge in [0.1, 0.15) is 5.82 Å². The largest absolute Gasteiger partial charge is 0.335 e. The lowest BCUT2D eigenvalue weighted by atomic mass is 9.78. The second kappa shape index (κ2) is 6.00. The van der Waals surface area contributed by atoms with Crippen LogP contribution in [0.5, 0.6) is 0 Å². The van der Waals surface area contributed by atoms with Gasteiger partial charge in [-0.25, -0.2) is 4.98 Å². The van der Waals surface area contributed by atoms with Crippen LogP contribution in [0.1, 0.15) is 45.9 Å². The fourth-order valence-electron chi connectivity index (χ4n) is 2.78. The number of unbranched alkanes of at least 4 members (excludes halogenated alkanes) is 1. The average molecular weight is 291 g/mol. The van der Waals surface area contributed by atoms with Gasteiger partial charge in [-0.1, -0.05) is 13.8 Å². The molecular formula is C16H25N3O2. The third-order valence-electron chi connectivity index (χ3n) is 4.78. The third-order valence-corrected chi connectivity index (χ3v) is 4.78. The topological polar surface area (TPSA) is 55.2 Å². The molecule has 2 rings (SSSR count). The molecule has 0 radical (unpaired) electrons. The van der Waals surface area contributed by atoms with Gasteiger partial charge in [0, 0.05) is 31.9 Å². The summed E-state index contributed by atoms with van der Waals surface area (Å²) in [6, 6.07) is 0. The molecule has 1 saturated heterocycles. The van der Waals surface area contributed by atoms with Crippen LogP contribution >= 0.6 is 0 Å². The van der Waals surface area contributed by atoms with Gasteiger partial charge < -0.3 is 4.57 Å². The first-order valence-electron chi connectivity index (χ1n) is 7.69. The van der Waals surface area contributed by atoms with Gasteiger partial charge in [-0.3, -0.25) is 14.5 Å². The Bertz CT molecular complexity index is 535.